The molecular formula is C75H99AlLiO20PS. The van der Waals surface area contributed by atoms with Gasteiger partial charge in [-0.1, -0.05) is 125 Å². The van der Waals surface area contributed by atoms with Crippen LogP contribution in [0, 0.1) is 0 Å². The van der Waals surface area contributed by atoms with Crippen molar-refractivity contribution in [2.45, 2.75) is 126 Å². The minimum atomic E-state index is -4.67. The number of carboxylic acid groups (broad SMARTS) is 1. The molecule has 13 N–H and O–H groups in total. The third-order valence-corrected chi connectivity index (χ3v) is 17.0. The maximum Gasteiger partial charge on any atom is 1.00 e. The fraction of sp³-hybridized carbons (Fsp3) is 0.333. The van der Waals surface area contributed by atoms with Gasteiger partial charge in [0.15, 0.2) is 23.7 Å². The van der Waals surface area contributed by atoms with E-state index in [2.05, 4.69) is 13.8 Å². The van der Waals surface area contributed by atoms with Crippen molar-refractivity contribution in [3.05, 3.63) is 239 Å². The third kappa shape index (κ3) is 29.2. The zero-order valence-corrected chi connectivity index (χ0v) is 58.6. The monoisotopic (exact) mass is 1420 g/mol. The first-order valence-electron chi connectivity index (χ1n) is 31.7. The van der Waals surface area contributed by atoms with Crippen LogP contribution < -0.4 is 18.9 Å². The molecule has 0 aliphatic carbocycles. The Balaban J connectivity index is 0.00000126. The summed E-state index contributed by atoms with van der Waals surface area (Å²) in [5, 5.41) is 101. The van der Waals surface area contributed by atoms with Gasteiger partial charge in [0, 0.05) is 61.4 Å². The molecule has 99 heavy (non-hydrogen) atoms. The number of aliphatic hydroxyl groups excluding tert-OH is 2. The number of aliphatic carboxylic acids is 1. The Labute approximate surface area is 609 Å². The molecule has 20 nitrogen and oxygen atoms in total. The van der Waals surface area contributed by atoms with Crippen molar-refractivity contribution >= 4 is 49.5 Å². The number of hydrogen-bond donors (Lipinski definition) is 13. The van der Waals surface area contributed by atoms with E-state index in [1.165, 1.54) is 13.5 Å². The van der Waals surface area contributed by atoms with Gasteiger partial charge < -0.3 is 71.8 Å². The average Bonchev–Trinajstić information content (AvgIpc) is 0.818. The maximum absolute atomic E-state index is 11.5. The molecule has 8 aromatic carbocycles. The van der Waals surface area contributed by atoms with E-state index in [0.717, 1.165) is 90.3 Å². The molecule has 0 radical (unpaired) electrons. The average molecular weight is 1420 g/mol. The largest absolute Gasteiger partial charge is 1.00 e. The van der Waals surface area contributed by atoms with Crippen LogP contribution >= 0.6 is 9.84 Å². The Bertz CT molecular complexity index is 3500. The summed E-state index contributed by atoms with van der Waals surface area (Å²) < 4.78 is 53.5. The number of carbonyl (C=O) groups excluding carboxylic acids is 1. The Morgan fingerprint density at radius 3 is 0.919 bits per heavy atom. The minimum Gasteiger partial charge on any atom is -1.00 e. The molecule has 2 unspecified atom stereocenters. The van der Waals surface area contributed by atoms with Crippen LogP contribution in [0.15, 0.2) is 194 Å². The Morgan fingerprint density at radius 2 is 0.707 bits per heavy atom. The number of carboxylic acids is 1. The van der Waals surface area contributed by atoms with Gasteiger partial charge in [0.25, 0.3) is 0 Å². The number of benzene rings is 8. The molecule has 2 atom stereocenters. The standard InChI is InChI=1S/C22H28O4.C18H20O4.C17H18O4.C17H20O3.CH4O.Al.Li.H2O4S.H3P.4H/c1-22(17-6-10-19(23)11-7-17,18-8-12-20(24)13-9-18)14-4-16-26-21-5-2-3-15-25-21;1-18(12-11-17(21)22-2,13-3-7-15(19)8-4-13)14-5-9-16(20)10-6-14;1-17(11-10-16(20)21,12-2-6-14(18)7-3-12)13-4-8-15(19)9-5-13;1-17(11-2-12-18,13-3-7-15(19)8-4-13)14-5-9-16(20)10-6-14;1-2;;;1-5(2,3)4;;;;;/h6-13,21,23-24H,2-5,14-16H2,1H3;3-10,19-20H,11-12H2,1-2H3;2-9,18-19H,10-11H2,1H3,(H,20,21);3-10,18-20H,2,11-12H2,1H3;2H,1H3;;;(H2,1,2,3,4);1H3;;;;/q;;;;;;+1;;;;;;-1/i;;;;;;;;1D;;;;. The van der Waals surface area contributed by atoms with Crippen molar-refractivity contribution in [3.8, 4) is 46.0 Å². The van der Waals surface area contributed by atoms with Crippen molar-refractivity contribution in [2.75, 3.05) is 34.0 Å². The third-order valence-electron chi connectivity index (χ3n) is 17.0. The van der Waals surface area contributed by atoms with Crippen molar-refractivity contribution in [1.29, 1.82) is 1.28 Å². The van der Waals surface area contributed by atoms with Gasteiger partial charge in [0.2, 0.25) is 0 Å². The van der Waals surface area contributed by atoms with E-state index in [4.69, 9.17) is 48.3 Å². The van der Waals surface area contributed by atoms with E-state index in [0.29, 0.717) is 25.9 Å². The Hall–Kier alpha value is -7.63. The minimum absolute atomic E-state index is 0. The topological polar surface area (TPSA) is 359 Å². The van der Waals surface area contributed by atoms with Gasteiger partial charge in [-0.2, -0.15) is 18.3 Å². The fourth-order valence-electron chi connectivity index (χ4n) is 11.2. The second kappa shape index (κ2) is 43.8. The van der Waals surface area contributed by atoms with E-state index in [1.54, 1.807) is 131 Å². The van der Waals surface area contributed by atoms with Crippen LogP contribution in [0.25, 0.3) is 0 Å². The van der Waals surface area contributed by atoms with E-state index < -0.39 is 27.2 Å². The van der Waals surface area contributed by atoms with E-state index in [-0.39, 0.29) is 126 Å². The molecule has 24 heteroatoms. The summed E-state index contributed by atoms with van der Waals surface area (Å²) in [7, 11) is -0.624. The number of esters is 1. The molecular weight excluding hydrogens is 1320 g/mol. The molecule has 534 valence electrons. The number of phenols is 8. The zero-order valence-electron chi connectivity index (χ0n) is 58.6. The maximum atomic E-state index is 11.5. The van der Waals surface area contributed by atoms with Crippen LogP contribution in [0.3, 0.4) is 0 Å². The summed E-state index contributed by atoms with van der Waals surface area (Å²) in [5.74, 6) is 0.638. The van der Waals surface area contributed by atoms with E-state index >= 15 is 0 Å². The molecule has 0 bridgehead atoms. The normalized spacial score (nSPS) is 12.6. The Morgan fingerprint density at radius 1 is 0.475 bits per heavy atom. The molecule has 1 aliphatic rings. The summed E-state index contributed by atoms with van der Waals surface area (Å²) in [6, 6.07) is 56.5. The van der Waals surface area contributed by atoms with Gasteiger partial charge in [-0.15, -0.1) is 0 Å². The molecule has 1 aliphatic heterocycles. The molecule has 0 saturated carbocycles. The number of carbonyl (C=O) groups is 2. The van der Waals surface area contributed by atoms with Crippen LogP contribution in [-0.2, 0) is 55.9 Å². The van der Waals surface area contributed by atoms with Crippen LogP contribution in [-0.4, -0.2) is 145 Å². The molecule has 1 fully saturated rings. The van der Waals surface area contributed by atoms with Gasteiger partial charge in [-0.05, 0) is 199 Å². The summed E-state index contributed by atoms with van der Waals surface area (Å²) in [5.41, 5.74) is 6.84. The smallest absolute Gasteiger partial charge is 1.00 e. The van der Waals surface area contributed by atoms with Crippen molar-refractivity contribution < 1.29 is 118 Å². The fourth-order valence-corrected chi connectivity index (χ4v) is 11.2. The predicted molar refractivity (Wildman–Crippen MR) is 388 cm³/mol. The SMILES string of the molecule is CC(CCC(=O)O)(c1ccc(O)cc1)c1ccc(O)cc1.CC(CCCO)(c1ccc(O)cc1)c1ccc(O)cc1.CC(CCCOC1CCCCO1)(c1ccc(O)cc1)c1ccc(O)cc1.CO.COC(=O)CCC(C)(c1ccc(O)cc1)c1ccc(O)cc1.O=S(=O)(O)O.[2H]P.[AlH3].[H-].[Li+]. The van der Waals surface area contributed by atoms with Crippen LogP contribution in [0.5, 0.6) is 46.0 Å². The predicted octanol–water partition coefficient (Wildman–Crippen LogP) is 9.48. The van der Waals surface area contributed by atoms with Crippen LogP contribution in [0.4, 0.5) is 0 Å². The van der Waals surface area contributed by atoms with E-state index in [9.17, 15) is 50.4 Å². The number of phenolic OH excluding ortho intramolecular Hbond substituents is 8. The second-order valence-electron chi connectivity index (χ2n) is 23.7. The van der Waals surface area contributed by atoms with Gasteiger partial charge in [-0.25, -0.2) is 0 Å². The van der Waals surface area contributed by atoms with Crippen molar-refractivity contribution in [2.24, 2.45) is 0 Å². The van der Waals surface area contributed by atoms with Crippen molar-refractivity contribution in [1.82, 2.24) is 0 Å². The first-order valence-corrected chi connectivity index (χ1v) is 32.5. The van der Waals surface area contributed by atoms with Crippen molar-refractivity contribution in [3.63, 3.8) is 0 Å². The number of ether oxygens (including phenoxy) is 3. The summed E-state index contributed by atoms with van der Waals surface area (Å²) >= 11 is 0. The number of hydrogen-bond acceptors (Lipinski definition) is 17. The quantitative estimate of drug-likeness (QED) is 0.00987. The first kappa shape index (κ1) is 87.5. The summed E-state index contributed by atoms with van der Waals surface area (Å²) in [6.07, 6.45) is 7.82. The summed E-state index contributed by atoms with van der Waals surface area (Å²) in [6.45, 7) is 9.92. The van der Waals surface area contributed by atoms with E-state index in [1.807, 2.05) is 86.6 Å². The second-order valence-corrected chi connectivity index (χ2v) is 24.6. The van der Waals surface area contributed by atoms with Gasteiger partial charge >= 0.3 is 41.2 Å². The molecule has 1 saturated heterocycles. The molecule has 8 aromatic rings. The molecule has 9 rings (SSSR count). The number of rotatable bonds is 22. The Kier molecular flexibility index (Phi) is 38.7. The molecule has 0 amide bonds. The first-order chi connectivity index (χ1) is 46.5. The number of methoxy groups -OCH3 is 1. The van der Waals surface area contributed by atoms with Crippen LogP contribution in [0.1, 0.15) is 144 Å². The number of aromatic hydroxyl groups is 8. The molecule has 1 heterocycles. The van der Waals surface area contributed by atoms with Gasteiger partial charge in [-0.3, -0.25) is 18.7 Å². The van der Waals surface area contributed by atoms with Gasteiger partial charge in [0.05, 0.1) is 8.39 Å². The number of aliphatic hydroxyl groups is 2. The zero-order chi connectivity index (χ0) is 73.1. The molecule has 0 aromatic heterocycles. The van der Waals surface area contributed by atoms with Gasteiger partial charge in [0.1, 0.15) is 46.0 Å². The molecule has 0 spiro atoms. The van der Waals surface area contributed by atoms with Crippen LogP contribution in [0.2, 0.25) is 0 Å². The summed E-state index contributed by atoms with van der Waals surface area (Å²) in [4.78, 5) is 22.5.